The predicted octanol–water partition coefficient (Wildman–Crippen LogP) is 2.72. The lowest BCUT2D eigenvalue weighted by atomic mass is 9.96. The minimum atomic E-state index is -0.379. The number of anilines is 2. The number of rotatable bonds is 8. The van der Waals surface area contributed by atoms with Crippen LogP contribution in [0.5, 0.6) is 0 Å². The van der Waals surface area contributed by atoms with E-state index in [9.17, 15) is 9.90 Å². The quantitative estimate of drug-likeness (QED) is 0.311. The largest absolute Gasteiger partial charge is 0.416 e. The van der Waals surface area contributed by atoms with Crippen LogP contribution in [0.15, 0.2) is 47.3 Å². The molecule has 1 fully saturated rings. The molecular weight excluding hydrogens is 498 g/mol. The number of benzene rings is 1. The second-order valence-corrected chi connectivity index (χ2v) is 10.5. The molecule has 1 atom stereocenters. The maximum absolute atomic E-state index is 13.1. The zero-order valence-corrected chi connectivity index (χ0v) is 22.0. The molecule has 12 heteroatoms. The summed E-state index contributed by atoms with van der Waals surface area (Å²) in [6, 6.07) is 7.77. The molecule has 1 aliphatic heterocycles. The van der Waals surface area contributed by atoms with Crippen LogP contribution in [0, 0.1) is 0 Å². The topological polar surface area (TPSA) is 147 Å². The Morgan fingerprint density at radius 3 is 2.90 bits per heavy atom. The van der Waals surface area contributed by atoms with E-state index in [4.69, 9.17) is 9.40 Å². The predicted molar refractivity (Wildman–Crippen MR) is 142 cm³/mol. The highest BCUT2D eigenvalue weighted by atomic mass is 16.4. The third-order valence-corrected chi connectivity index (χ3v) is 7.42. The Labute approximate surface area is 225 Å². The molecule has 4 heterocycles. The van der Waals surface area contributed by atoms with Gasteiger partial charge in [-0.05, 0) is 42.5 Å². The molecule has 0 saturated heterocycles. The summed E-state index contributed by atoms with van der Waals surface area (Å²) in [6.07, 6.45) is 7.94. The van der Waals surface area contributed by atoms with Gasteiger partial charge >= 0.3 is 11.8 Å². The fourth-order valence-corrected chi connectivity index (χ4v) is 4.89. The van der Waals surface area contributed by atoms with E-state index in [1.807, 2.05) is 31.4 Å². The van der Waals surface area contributed by atoms with Crippen molar-refractivity contribution >= 4 is 17.5 Å². The van der Waals surface area contributed by atoms with Gasteiger partial charge in [-0.1, -0.05) is 19.1 Å². The van der Waals surface area contributed by atoms with E-state index >= 15 is 0 Å². The van der Waals surface area contributed by atoms with E-state index in [2.05, 4.69) is 48.8 Å². The standard InChI is InChI=1S/C27H31N9O3/c1-27(7-8-27)25-34-33-24(39-25)23(38)31-22-6-10-36(11-12-37)15-18-13-17(3-4-20(18)22)21-5-9-28-26(32-21)30-19-14-29-35(2)16-19/h3-5,9,13-14,16,22,37H,6-8,10-12,15H2,1-2H3,(H,31,38)(H,28,30,32). The summed E-state index contributed by atoms with van der Waals surface area (Å²) in [4.78, 5) is 24.3. The number of hydrogen-bond donors (Lipinski definition) is 3. The number of amides is 1. The fraction of sp³-hybridized carbons (Fsp3) is 0.407. The Morgan fingerprint density at radius 1 is 1.26 bits per heavy atom. The summed E-state index contributed by atoms with van der Waals surface area (Å²) < 4.78 is 7.43. The molecule has 0 radical (unpaired) electrons. The van der Waals surface area contributed by atoms with Crippen molar-refractivity contribution in [3.05, 3.63) is 65.8 Å². The molecule has 4 aromatic rings. The van der Waals surface area contributed by atoms with E-state index in [0.717, 1.165) is 47.5 Å². The zero-order valence-electron chi connectivity index (χ0n) is 22.0. The van der Waals surface area contributed by atoms with Crippen LogP contribution >= 0.6 is 0 Å². The maximum atomic E-state index is 13.1. The van der Waals surface area contributed by atoms with Crippen LogP contribution < -0.4 is 10.6 Å². The van der Waals surface area contributed by atoms with Gasteiger partial charge in [0.25, 0.3) is 0 Å². The number of nitrogens with one attached hydrogen (secondary N) is 2. The highest BCUT2D eigenvalue weighted by Gasteiger charge is 2.44. The van der Waals surface area contributed by atoms with Crippen molar-refractivity contribution < 1.29 is 14.3 Å². The lowest BCUT2D eigenvalue weighted by Gasteiger charge is -2.19. The molecular formula is C27H31N9O3. The number of carbonyl (C=O) groups is 1. The molecule has 1 aliphatic carbocycles. The van der Waals surface area contributed by atoms with Crippen LogP contribution in [0.4, 0.5) is 11.6 Å². The molecule has 202 valence electrons. The number of carbonyl (C=O) groups excluding carboxylic acids is 1. The first-order chi connectivity index (χ1) is 18.9. The van der Waals surface area contributed by atoms with Crippen LogP contribution in [-0.2, 0) is 19.0 Å². The van der Waals surface area contributed by atoms with Gasteiger partial charge in [0, 0.05) is 50.1 Å². The molecule has 0 spiro atoms. The van der Waals surface area contributed by atoms with Crippen molar-refractivity contribution in [1.29, 1.82) is 0 Å². The van der Waals surface area contributed by atoms with E-state index < -0.39 is 0 Å². The smallest absolute Gasteiger partial charge is 0.309 e. The third-order valence-electron chi connectivity index (χ3n) is 7.42. The summed E-state index contributed by atoms with van der Waals surface area (Å²) in [7, 11) is 1.85. The summed E-state index contributed by atoms with van der Waals surface area (Å²) >= 11 is 0. The highest BCUT2D eigenvalue weighted by molar-refractivity contribution is 5.89. The first-order valence-electron chi connectivity index (χ1n) is 13.1. The van der Waals surface area contributed by atoms with Crippen LogP contribution in [-0.4, -0.2) is 65.6 Å². The van der Waals surface area contributed by atoms with E-state index in [-0.39, 0.29) is 29.9 Å². The third kappa shape index (κ3) is 5.38. The molecule has 39 heavy (non-hydrogen) atoms. The first-order valence-corrected chi connectivity index (χ1v) is 13.1. The molecule has 3 aromatic heterocycles. The van der Waals surface area contributed by atoms with Crippen molar-refractivity contribution in [2.45, 2.75) is 44.2 Å². The molecule has 6 rings (SSSR count). The number of aliphatic hydroxyl groups is 1. The van der Waals surface area contributed by atoms with E-state index in [0.29, 0.717) is 31.3 Å². The monoisotopic (exact) mass is 529 g/mol. The Hall–Kier alpha value is -4.16. The number of fused-ring (bicyclic) bond motifs is 1. The van der Waals surface area contributed by atoms with Gasteiger partial charge in [-0.25, -0.2) is 9.97 Å². The number of aromatic nitrogens is 6. The van der Waals surface area contributed by atoms with Crippen molar-refractivity contribution in [3.63, 3.8) is 0 Å². The van der Waals surface area contributed by atoms with Crippen LogP contribution in [0.3, 0.4) is 0 Å². The number of hydrogen-bond acceptors (Lipinski definition) is 10. The molecule has 1 amide bonds. The Morgan fingerprint density at radius 2 is 2.13 bits per heavy atom. The SMILES string of the molecule is Cn1cc(Nc2nccc(-c3ccc4c(c3)CN(CCO)CCC4NC(=O)c3nnc(C4(C)CC4)o3)n2)cn1. The van der Waals surface area contributed by atoms with Gasteiger partial charge in [-0.15, -0.1) is 10.2 Å². The molecule has 2 aliphatic rings. The highest BCUT2D eigenvalue weighted by Crippen LogP contribution is 2.46. The fourth-order valence-electron chi connectivity index (χ4n) is 4.89. The first kappa shape index (κ1) is 25.1. The number of β-amino-alcohol motifs (C(OH)–C–C–N with tert-alkyl or cyclic N) is 1. The van der Waals surface area contributed by atoms with Crippen molar-refractivity contribution in [3.8, 4) is 11.3 Å². The molecule has 1 aromatic carbocycles. The average molecular weight is 530 g/mol. The lowest BCUT2D eigenvalue weighted by Crippen LogP contribution is -2.31. The Bertz CT molecular complexity index is 1490. The summed E-state index contributed by atoms with van der Waals surface area (Å²) in [5.74, 6) is 0.606. The summed E-state index contributed by atoms with van der Waals surface area (Å²) in [5, 5.41) is 28.2. The van der Waals surface area contributed by atoms with Gasteiger partial charge in [-0.2, -0.15) is 5.10 Å². The lowest BCUT2D eigenvalue weighted by molar-refractivity contribution is 0.0894. The minimum Gasteiger partial charge on any atom is -0.416 e. The molecule has 12 nitrogen and oxygen atoms in total. The van der Waals surface area contributed by atoms with Gasteiger partial charge in [0.1, 0.15) is 0 Å². The zero-order chi connectivity index (χ0) is 27.0. The van der Waals surface area contributed by atoms with Crippen molar-refractivity contribution in [1.82, 2.24) is 40.2 Å². The van der Waals surface area contributed by atoms with Gasteiger partial charge in [-0.3, -0.25) is 14.4 Å². The number of nitrogens with zero attached hydrogens (tertiary/aromatic N) is 7. The van der Waals surface area contributed by atoms with Crippen LogP contribution in [0.2, 0.25) is 0 Å². The minimum absolute atomic E-state index is 0.0117. The van der Waals surface area contributed by atoms with Gasteiger partial charge in [0.2, 0.25) is 11.8 Å². The second kappa shape index (κ2) is 10.2. The Kier molecular flexibility index (Phi) is 6.57. The summed E-state index contributed by atoms with van der Waals surface area (Å²) in [5.41, 5.74) is 4.47. The van der Waals surface area contributed by atoms with Crippen LogP contribution in [0.25, 0.3) is 11.3 Å². The van der Waals surface area contributed by atoms with Crippen molar-refractivity contribution in [2.75, 3.05) is 25.0 Å². The van der Waals surface area contributed by atoms with Gasteiger partial charge in [0.15, 0.2) is 0 Å². The van der Waals surface area contributed by atoms with E-state index in [1.165, 1.54) is 0 Å². The number of aliphatic hydroxyl groups excluding tert-OH is 1. The maximum Gasteiger partial charge on any atom is 0.309 e. The van der Waals surface area contributed by atoms with E-state index in [1.54, 1.807) is 17.1 Å². The number of aryl methyl sites for hydroxylation is 1. The molecule has 1 unspecified atom stereocenters. The molecule has 3 N–H and O–H groups in total. The van der Waals surface area contributed by atoms with Crippen LogP contribution in [0.1, 0.15) is 59.9 Å². The molecule has 0 bridgehead atoms. The van der Waals surface area contributed by atoms with Crippen molar-refractivity contribution in [2.24, 2.45) is 7.05 Å². The van der Waals surface area contributed by atoms with Gasteiger partial charge in [0.05, 0.1) is 30.2 Å². The Balaban J connectivity index is 1.26. The normalized spacial score (nSPS) is 18.3. The summed E-state index contributed by atoms with van der Waals surface area (Å²) in [6.45, 7) is 4.03. The molecule has 1 saturated carbocycles. The second-order valence-electron chi connectivity index (χ2n) is 10.5. The average Bonchev–Trinajstić information content (AvgIpc) is 3.31. The van der Waals surface area contributed by atoms with Gasteiger partial charge < -0.3 is 20.2 Å².